The molecule has 2 aromatic rings. The summed E-state index contributed by atoms with van der Waals surface area (Å²) >= 11 is 3.59. The molecular weight excluding hydrogens is 322 g/mol. The third-order valence-electron chi connectivity index (χ3n) is 3.66. The summed E-state index contributed by atoms with van der Waals surface area (Å²) in [6, 6.07) is 18.0. The predicted octanol–water partition coefficient (Wildman–Crippen LogP) is 5.08. The van der Waals surface area contributed by atoms with Gasteiger partial charge in [0.15, 0.2) is 0 Å². The zero-order valence-corrected chi connectivity index (χ0v) is 14.7. The van der Waals surface area contributed by atoms with Crippen molar-refractivity contribution in [1.29, 1.82) is 0 Å². The van der Waals surface area contributed by atoms with E-state index in [1.807, 2.05) is 0 Å². The summed E-state index contributed by atoms with van der Waals surface area (Å²) in [4.78, 5) is 0. The number of rotatable bonds is 6. The summed E-state index contributed by atoms with van der Waals surface area (Å²) in [7, 11) is 0. The average molecular weight is 346 g/mol. The first-order chi connectivity index (χ1) is 10.0. The molecule has 2 aromatic carbocycles. The second-order valence-corrected chi connectivity index (χ2v) is 6.92. The Morgan fingerprint density at radius 2 is 1.81 bits per heavy atom. The van der Waals surface area contributed by atoms with Crippen LogP contribution in [-0.4, -0.2) is 12.6 Å². The van der Waals surface area contributed by atoms with Crippen molar-refractivity contribution >= 4 is 15.9 Å². The quantitative estimate of drug-likeness (QED) is 0.769. The Hall–Kier alpha value is -1.12. The van der Waals surface area contributed by atoms with Crippen molar-refractivity contribution in [2.75, 3.05) is 6.54 Å². The Morgan fingerprint density at radius 3 is 2.48 bits per heavy atom. The van der Waals surface area contributed by atoms with Gasteiger partial charge in [-0.3, -0.25) is 0 Å². The lowest BCUT2D eigenvalue weighted by Crippen LogP contribution is -2.29. The minimum Gasteiger partial charge on any atom is -0.314 e. The zero-order valence-electron chi connectivity index (χ0n) is 13.1. The van der Waals surface area contributed by atoms with E-state index in [-0.39, 0.29) is 0 Å². The lowest BCUT2D eigenvalue weighted by Gasteiger charge is -2.20. The van der Waals surface area contributed by atoms with Crippen LogP contribution >= 0.6 is 15.9 Å². The Labute approximate surface area is 136 Å². The highest BCUT2D eigenvalue weighted by atomic mass is 79.9. The molecule has 2 rings (SSSR count). The Balaban J connectivity index is 2.19. The summed E-state index contributed by atoms with van der Waals surface area (Å²) in [5.74, 6) is 0.492. The van der Waals surface area contributed by atoms with E-state index in [0.29, 0.717) is 12.0 Å². The SMILES string of the molecule is Cc1cccc(CC(CNC(C)C)c2cccc(Br)c2)c1. The fraction of sp³-hybridized carbons (Fsp3) is 0.368. The molecule has 0 saturated carbocycles. The molecule has 0 saturated heterocycles. The molecule has 0 aliphatic heterocycles. The average Bonchev–Trinajstić information content (AvgIpc) is 2.43. The highest BCUT2D eigenvalue weighted by molar-refractivity contribution is 9.10. The second-order valence-electron chi connectivity index (χ2n) is 6.01. The van der Waals surface area contributed by atoms with Crippen molar-refractivity contribution in [2.24, 2.45) is 0 Å². The fourth-order valence-electron chi connectivity index (χ4n) is 2.57. The lowest BCUT2D eigenvalue weighted by molar-refractivity contribution is 0.526. The van der Waals surface area contributed by atoms with Gasteiger partial charge in [-0.1, -0.05) is 71.7 Å². The summed E-state index contributed by atoms with van der Waals surface area (Å²) < 4.78 is 1.15. The molecule has 0 fully saturated rings. The van der Waals surface area contributed by atoms with Crippen molar-refractivity contribution in [3.63, 3.8) is 0 Å². The molecule has 1 atom stereocenters. The molecule has 1 nitrogen and oxygen atoms in total. The highest BCUT2D eigenvalue weighted by Gasteiger charge is 2.13. The monoisotopic (exact) mass is 345 g/mol. The van der Waals surface area contributed by atoms with Crippen LogP contribution in [0.2, 0.25) is 0 Å². The van der Waals surface area contributed by atoms with Crippen molar-refractivity contribution in [2.45, 2.75) is 39.2 Å². The molecule has 1 N–H and O–H groups in total. The molecule has 112 valence electrons. The number of nitrogens with one attached hydrogen (secondary N) is 1. The molecular formula is C19H24BrN. The van der Waals surface area contributed by atoms with Gasteiger partial charge in [0, 0.05) is 23.0 Å². The molecule has 2 heteroatoms. The Morgan fingerprint density at radius 1 is 1.05 bits per heavy atom. The van der Waals surface area contributed by atoms with Gasteiger partial charge in [0.1, 0.15) is 0 Å². The van der Waals surface area contributed by atoms with Crippen molar-refractivity contribution in [3.8, 4) is 0 Å². The van der Waals surface area contributed by atoms with Crippen LogP contribution in [0.4, 0.5) is 0 Å². The van der Waals surface area contributed by atoms with Crippen LogP contribution in [0.3, 0.4) is 0 Å². The molecule has 0 amide bonds. The number of aryl methyl sites for hydroxylation is 1. The van der Waals surface area contributed by atoms with Crippen LogP contribution in [0.15, 0.2) is 53.0 Å². The minimum atomic E-state index is 0.492. The van der Waals surface area contributed by atoms with Gasteiger partial charge in [0.25, 0.3) is 0 Å². The maximum Gasteiger partial charge on any atom is 0.0178 e. The zero-order chi connectivity index (χ0) is 15.2. The first-order valence-corrected chi connectivity index (χ1v) is 8.38. The van der Waals surface area contributed by atoms with Crippen LogP contribution < -0.4 is 5.32 Å². The van der Waals surface area contributed by atoms with Gasteiger partial charge in [0.2, 0.25) is 0 Å². The molecule has 0 aromatic heterocycles. The highest BCUT2D eigenvalue weighted by Crippen LogP contribution is 2.24. The minimum absolute atomic E-state index is 0.492. The van der Waals surface area contributed by atoms with Crippen molar-refractivity contribution in [1.82, 2.24) is 5.32 Å². The van der Waals surface area contributed by atoms with Gasteiger partial charge in [-0.05, 0) is 36.6 Å². The fourth-order valence-corrected chi connectivity index (χ4v) is 2.99. The molecule has 0 aliphatic carbocycles. The van der Waals surface area contributed by atoms with Gasteiger partial charge >= 0.3 is 0 Å². The van der Waals surface area contributed by atoms with Crippen LogP contribution in [0, 0.1) is 6.92 Å². The summed E-state index contributed by atoms with van der Waals surface area (Å²) in [5.41, 5.74) is 4.13. The summed E-state index contributed by atoms with van der Waals surface area (Å²) in [6.45, 7) is 7.56. The van der Waals surface area contributed by atoms with Crippen LogP contribution in [-0.2, 0) is 6.42 Å². The van der Waals surface area contributed by atoms with Crippen LogP contribution in [0.5, 0.6) is 0 Å². The van der Waals surface area contributed by atoms with E-state index in [9.17, 15) is 0 Å². The van der Waals surface area contributed by atoms with E-state index in [2.05, 4.69) is 90.5 Å². The van der Waals surface area contributed by atoms with Gasteiger partial charge in [0.05, 0.1) is 0 Å². The van der Waals surface area contributed by atoms with E-state index in [4.69, 9.17) is 0 Å². The third kappa shape index (κ3) is 5.29. The maximum atomic E-state index is 3.59. The molecule has 0 aliphatic rings. The van der Waals surface area contributed by atoms with Crippen LogP contribution in [0.1, 0.15) is 36.5 Å². The lowest BCUT2D eigenvalue weighted by atomic mass is 9.91. The maximum absolute atomic E-state index is 3.59. The molecule has 1 unspecified atom stereocenters. The summed E-state index contributed by atoms with van der Waals surface area (Å²) in [5, 5.41) is 3.58. The van der Waals surface area contributed by atoms with E-state index in [1.165, 1.54) is 16.7 Å². The Bertz CT molecular complexity index is 577. The summed E-state index contributed by atoms with van der Waals surface area (Å²) in [6.07, 6.45) is 1.07. The third-order valence-corrected chi connectivity index (χ3v) is 4.15. The number of hydrogen-bond acceptors (Lipinski definition) is 1. The molecule has 0 bridgehead atoms. The van der Waals surface area contributed by atoms with Gasteiger partial charge in [-0.2, -0.15) is 0 Å². The van der Waals surface area contributed by atoms with E-state index in [0.717, 1.165) is 17.4 Å². The topological polar surface area (TPSA) is 12.0 Å². The van der Waals surface area contributed by atoms with Crippen LogP contribution in [0.25, 0.3) is 0 Å². The first-order valence-electron chi connectivity index (χ1n) is 7.59. The van der Waals surface area contributed by atoms with Gasteiger partial charge in [-0.15, -0.1) is 0 Å². The van der Waals surface area contributed by atoms with Gasteiger partial charge < -0.3 is 5.32 Å². The van der Waals surface area contributed by atoms with Crippen molar-refractivity contribution < 1.29 is 0 Å². The predicted molar refractivity (Wildman–Crippen MR) is 94.9 cm³/mol. The van der Waals surface area contributed by atoms with E-state index < -0.39 is 0 Å². The largest absolute Gasteiger partial charge is 0.314 e. The molecule has 21 heavy (non-hydrogen) atoms. The molecule has 0 heterocycles. The Kier molecular flexibility index (Phi) is 6.01. The van der Waals surface area contributed by atoms with E-state index >= 15 is 0 Å². The number of hydrogen-bond donors (Lipinski definition) is 1. The number of halogens is 1. The second kappa shape index (κ2) is 7.77. The standard InChI is InChI=1S/C19H24BrN/c1-14(2)21-13-18(17-8-5-9-19(20)12-17)11-16-7-4-6-15(3)10-16/h4-10,12,14,18,21H,11,13H2,1-3H3. The van der Waals surface area contributed by atoms with E-state index in [1.54, 1.807) is 0 Å². The number of benzene rings is 2. The smallest absolute Gasteiger partial charge is 0.0178 e. The molecule has 0 radical (unpaired) electrons. The normalized spacial score (nSPS) is 12.6. The first kappa shape index (κ1) is 16.3. The molecule has 0 spiro atoms. The van der Waals surface area contributed by atoms with Gasteiger partial charge in [-0.25, -0.2) is 0 Å². The van der Waals surface area contributed by atoms with Crippen molar-refractivity contribution in [3.05, 3.63) is 69.7 Å².